The highest BCUT2D eigenvalue weighted by molar-refractivity contribution is 5.93. The minimum absolute atomic E-state index is 0.171. The zero-order chi connectivity index (χ0) is 23.0. The topological polar surface area (TPSA) is 84.9 Å². The number of carboxylic acid groups (broad SMARTS) is 1. The summed E-state index contributed by atoms with van der Waals surface area (Å²) in [5, 5.41) is 13.4. The van der Waals surface area contributed by atoms with E-state index >= 15 is 0 Å². The number of nitrogens with one attached hydrogen (secondary N) is 1. The van der Waals surface area contributed by atoms with Crippen LogP contribution in [0, 0.1) is 0 Å². The van der Waals surface area contributed by atoms with Gasteiger partial charge in [-0.1, -0.05) is 84.9 Å². The van der Waals surface area contributed by atoms with Gasteiger partial charge >= 0.3 is 5.97 Å². The van der Waals surface area contributed by atoms with E-state index in [0.717, 1.165) is 16.5 Å². The minimum Gasteiger partial charge on any atom is -0.483 e. The summed E-state index contributed by atoms with van der Waals surface area (Å²) < 4.78 is 11.2. The molecule has 2 N–H and O–H groups in total. The van der Waals surface area contributed by atoms with E-state index < -0.39 is 12.6 Å². The third-order valence-corrected chi connectivity index (χ3v) is 5.12. The Hall–Kier alpha value is -4.32. The molecule has 1 amide bonds. The maximum atomic E-state index is 12.8. The molecule has 166 valence electrons. The number of hydrogen-bond donors (Lipinski definition) is 2. The van der Waals surface area contributed by atoms with Crippen LogP contribution in [-0.2, 0) is 9.59 Å². The molecule has 6 nitrogen and oxygen atoms in total. The van der Waals surface area contributed by atoms with Crippen LogP contribution in [-0.4, -0.2) is 30.2 Å². The van der Waals surface area contributed by atoms with Crippen molar-refractivity contribution in [1.29, 1.82) is 0 Å². The number of ether oxygens (including phenoxy) is 2. The van der Waals surface area contributed by atoms with Crippen molar-refractivity contribution in [1.82, 2.24) is 5.32 Å². The highest BCUT2D eigenvalue weighted by Gasteiger charge is 2.17. The number of fused-ring (bicyclic) bond motifs is 1. The molecule has 0 radical (unpaired) electrons. The van der Waals surface area contributed by atoms with Gasteiger partial charge in [0.05, 0.1) is 6.04 Å². The van der Waals surface area contributed by atoms with Gasteiger partial charge in [-0.25, -0.2) is 4.79 Å². The van der Waals surface area contributed by atoms with Gasteiger partial charge in [0, 0.05) is 10.8 Å². The van der Waals surface area contributed by atoms with Crippen molar-refractivity contribution in [2.45, 2.75) is 6.04 Å². The first-order chi connectivity index (χ1) is 16.1. The highest BCUT2D eigenvalue weighted by Crippen LogP contribution is 2.32. The van der Waals surface area contributed by atoms with Gasteiger partial charge in [0.15, 0.2) is 13.2 Å². The summed E-state index contributed by atoms with van der Waals surface area (Å²) in [5.41, 5.74) is 1.95. The van der Waals surface area contributed by atoms with E-state index in [1.54, 1.807) is 24.3 Å². The molecule has 6 heteroatoms. The monoisotopic (exact) mass is 441 g/mol. The summed E-state index contributed by atoms with van der Waals surface area (Å²) in [7, 11) is 0. The smallest absolute Gasteiger partial charge is 0.341 e. The zero-order valence-electron chi connectivity index (χ0n) is 17.8. The van der Waals surface area contributed by atoms with Crippen molar-refractivity contribution in [3.63, 3.8) is 0 Å². The second-order valence-electron chi connectivity index (χ2n) is 7.40. The van der Waals surface area contributed by atoms with Crippen LogP contribution in [0.1, 0.15) is 17.2 Å². The summed E-state index contributed by atoms with van der Waals surface area (Å²) in [6, 6.07) is 29.9. The van der Waals surface area contributed by atoms with Crippen LogP contribution in [0.5, 0.6) is 11.5 Å². The molecule has 0 aromatic heterocycles. The van der Waals surface area contributed by atoms with Gasteiger partial charge in [-0.15, -0.1) is 0 Å². The maximum absolute atomic E-state index is 12.8. The van der Waals surface area contributed by atoms with Crippen molar-refractivity contribution >= 4 is 22.6 Å². The van der Waals surface area contributed by atoms with Gasteiger partial charge < -0.3 is 19.9 Å². The van der Waals surface area contributed by atoms with Crippen molar-refractivity contribution < 1.29 is 24.2 Å². The molecule has 0 bridgehead atoms. The van der Waals surface area contributed by atoms with Gasteiger partial charge in [-0.05, 0) is 23.3 Å². The fraction of sp³-hybridized carbons (Fsp3) is 0.111. The Bertz CT molecular complexity index is 1200. The average Bonchev–Trinajstić information content (AvgIpc) is 2.85. The van der Waals surface area contributed by atoms with Crippen molar-refractivity contribution in [3.8, 4) is 11.5 Å². The van der Waals surface area contributed by atoms with Gasteiger partial charge in [-0.3, -0.25) is 4.79 Å². The van der Waals surface area contributed by atoms with Crippen LogP contribution in [0.3, 0.4) is 0 Å². The van der Waals surface area contributed by atoms with E-state index in [1.165, 1.54) is 0 Å². The largest absolute Gasteiger partial charge is 0.483 e. The number of hydrogen-bond acceptors (Lipinski definition) is 4. The van der Waals surface area contributed by atoms with Gasteiger partial charge in [0.1, 0.15) is 11.5 Å². The zero-order valence-corrected chi connectivity index (χ0v) is 17.8. The lowest BCUT2D eigenvalue weighted by Crippen LogP contribution is -2.33. The summed E-state index contributed by atoms with van der Waals surface area (Å²) in [6.45, 7) is -0.609. The third-order valence-electron chi connectivity index (χ3n) is 5.12. The summed E-state index contributed by atoms with van der Waals surface area (Å²) >= 11 is 0. The molecule has 4 rings (SSSR count). The first kappa shape index (κ1) is 21.9. The molecule has 0 atom stereocenters. The summed E-state index contributed by atoms with van der Waals surface area (Å²) in [4.78, 5) is 23.7. The Morgan fingerprint density at radius 1 is 0.667 bits per heavy atom. The summed E-state index contributed by atoms with van der Waals surface area (Å²) in [5.74, 6) is -0.358. The Kier molecular flexibility index (Phi) is 6.85. The molecule has 0 unspecified atom stereocenters. The quantitative estimate of drug-likeness (QED) is 0.397. The fourth-order valence-electron chi connectivity index (χ4n) is 3.64. The molecule has 33 heavy (non-hydrogen) atoms. The molecule has 0 saturated carbocycles. The Balaban J connectivity index is 1.50. The predicted molar refractivity (Wildman–Crippen MR) is 125 cm³/mol. The van der Waals surface area contributed by atoms with Crippen LogP contribution in [0.2, 0.25) is 0 Å². The van der Waals surface area contributed by atoms with Crippen LogP contribution >= 0.6 is 0 Å². The lowest BCUT2D eigenvalue weighted by Gasteiger charge is -2.20. The lowest BCUT2D eigenvalue weighted by atomic mass is 9.99. The number of carbonyl (C=O) groups excluding carboxylic acids is 1. The number of carbonyl (C=O) groups is 2. The SMILES string of the molecule is O=C(O)COc1cccc2c(OCC(=O)NC(c3ccccc3)c3ccccc3)cccc12. The second-order valence-corrected chi connectivity index (χ2v) is 7.40. The maximum Gasteiger partial charge on any atom is 0.341 e. The molecule has 0 fully saturated rings. The number of amides is 1. The number of rotatable bonds is 9. The Morgan fingerprint density at radius 3 is 1.64 bits per heavy atom. The summed E-state index contributed by atoms with van der Waals surface area (Å²) in [6.07, 6.45) is 0. The van der Waals surface area contributed by atoms with Crippen molar-refractivity contribution in [3.05, 3.63) is 108 Å². The predicted octanol–water partition coefficient (Wildman–Crippen LogP) is 4.59. The molecule has 4 aromatic rings. The van der Waals surface area contributed by atoms with E-state index in [-0.39, 0.29) is 18.6 Å². The number of aliphatic carboxylic acids is 1. The lowest BCUT2D eigenvalue weighted by molar-refractivity contribution is -0.139. The first-order valence-electron chi connectivity index (χ1n) is 10.5. The Labute approximate surface area is 191 Å². The molecular weight excluding hydrogens is 418 g/mol. The molecule has 0 aliphatic rings. The molecule has 0 heterocycles. The molecule has 0 aliphatic heterocycles. The van der Waals surface area contributed by atoms with E-state index in [4.69, 9.17) is 14.6 Å². The van der Waals surface area contributed by atoms with Crippen LogP contribution in [0.15, 0.2) is 97.1 Å². The molecule has 0 aliphatic carbocycles. The minimum atomic E-state index is -1.05. The van der Waals surface area contributed by atoms with E-state index in [0.29, 0.717) is 16.9 Å². The molecule has 4 aromatic carbocycles. The highest BCUT2D eigenvalue weighted by atomic mass is 16.5. The van der Waals surface area contributed by atoms with Gasteiger partial charge in [-0.2, -0.15) is 0 Å². The number of carboxylic acids is 1. The Morgan fingerprint density at radius 2 is 1.15 bits per heavy atom. The number of benzene rings is 4. The molecule has 0 saturated heterocycles. The normalized spacial score (nSPS) is 10.7. The van der Waals surface area contributed by atoms with E-state index in [1.807, 2.05) is 72.8 Å². The second kappa shape index (κ2) is 10.3. The van der Waals surface area contributed by atoms with Crippen molar-refractivity contribution in [2.75, 3.05) is 13.2 Å². The van der Waals surface area contributed by atoms with E-state index in [9.17, 15) is 9.59 Å². The average molecular weight is 441 g/mol. The van der Waals surface area contributed by atoms with Gasteiger partial charge in [0.25, 0.3) is 5.91 Å². The molecular formula is C27H23NO5. The van der Waals surface area contributed by atoms with Crippen LogP contribution < -0.4 is 14.8 Å². The van der Waals surface area contributed by atoms with Crippen LogP contribution in [0.4, 0.5) is 0 Å². The molecule has 0 spiro atoms. The fourth-order valence-corrected chi connectivity index (χ4v) is 3.64. The van der Waals surface area contributed by atoms with E-state index in [2.05, 4.69) is 5.32 Å². The first-order valence-corrected chi connectivity index (χ1v) is 10.5. The third kappa shape index (κ3) is 5.49. The van der Waals surface area contributed by atoms with Gasteiger partial charge in [0.2, 0.25) is 0 Å². The van der Waals surface area contributed by atoms with Crippen molar-refractivity contribution in [2.24, 2.45) is 0 Å². The van der Waals surface area contributed by atoms with Crippen LogP contribution in [0.25, 0.3) is 10.8 Å². The standard InChI is InChI=1S/C27H23NO5/c29-25(28-27(19-9-3-1-4-10-19)20-11-5-2-6-12-20)17-32-23-15-7-14-22-21(23)13-8-16-24(22)33-18-26(30)31/h1-16,27H,17-18H2,(H,28,29)(H,30,31).